The molecule has 7 heteroatoms. The molecule has 0 bridgehead atoms. The Bertz CT molecular complexity index is 1000. The molecular weight excluding hydrogens is 362 g/mol. The normalized spacial score (nSPS) is 19.5. The second-order valence-electron chi connectivity index (χ2n) is 6.58. The Morgan fingerprint density at radius 2 is 1.85 bits per heavy atom. The molecule has 3 aromatic rings. The maximum Gasteiger partial charge on any atom is 0.308 e. The van der Waals surface area contributed by atoms with Gasteiger partial charge in [-0.1, -0.05) is 48.2 Å². The highest BCUT2D eigenvalue weighted by Gasteiger charge is 2.41. The summed E-state index contributed by atoms with van der Waals surface area (Å²) in [4.78, 5) is 31.1. The largest absolute Gasteiger partial charge is 0.481 e. The molecule has 1 aliphatic heterocycles. The van der Waals surface area contributed by atoms with Crippen LogP contribution in [0.1, 0.15) is 22.0 Å². The molecule has 4 rings (SSSR count). The van der Waals surface area contributed by atoms with E-state index in [1.807, 2.05) is 65.4 Å². The minimum absolute atomic E-state index is 0.189. The lowest BCUT2D eigenvalue weighted by Gasteiger charge is -2.15. The van der Waals surface area contributed by atoms with Gasteiger partial charge in [-0.2, -0.15) is 0 Å². The van der Waals surface area contributed by atoms with Crippen molar-refractivity contribution < 1.29 is 14.7 Å². The number of carbonyl (C=O) groups excluding carboxylic acids is 1. The average Bonchev–Trinajstić information content (AvgIpc) is 3.30. The van der Waals surface area contributed by atoms with E-state index in [2.05, 4.69) is 4.98 Å². The van der Waals surface area contributed by atoms with Crippen LogP contribution < -0.4 is 0 Å². The molecule has 27 heavy (non-hydrogen) atoms. The van der Waals surface area contributed by atoms with Crippen molar-refractivity contribution in [3.05, 3.63) is 66.0 Å². The van der Waals surface area contributed by atoms with E-state index in [1.165, 1.54) is 11.8 Å². The molecule has 3 heterocycles. The third-order valence-corrected chi connectivity index (χ3v) is 5.71. The Morgan fingerprint density at radius 3 is 2.56 bits per heavy atom. The number of aromatic nitrogens is 2. The van der Waals surface area contributed by atoms with Crippen molar-refractivity contribution in [3.63, 3.8) is 0 Å². The molecule has 0 unspecified atom stereocenters. The summed E-state index contributed by atoms with van der Waals surface area (Å²) < 4.78 is 1.89. The maximum absolute atomic E-state index is 13.2. The second kappa shape index (κ2) is 7.08. The van der Waals surface area contributed by atoms with E-state index in [4.69, 9.17) is 0 Å². The van der Waals surface area contributed by atoms with Crippen molar-refractivity contribution in [3.8, 4) is 0 Å². The number of likely N-dealkylation sites (tertiary alicyclic amines) is 1. The lowest BCUT2D eigenvalue weighted by Crippen LogP contribution is -2.30. The summed E-state index contributed by atoms with van der Waals surface area (Å²) >= 11 is 1.47. The highest BCUT2D eigenvalue weighted by molar-refractivity contribution is 7.98. The summed E-state index contributed by atoms with van der Waals surface area (Å²) in [6.07, 6.45) is 3.79. The fourth-order valence-electron chi connectivity index (χ4n) is 3.72. The first-order valence-corrected chi connectivity index (χ1v) is 9.90. The minimum atomic E-state index is -0.876. The van der Waals surface area contributed by atoms with Crippen molar-refractivity contribution in [1.82, 2.24) is 14.3 Å². The van der Waals surface area contributed by atoms with Gasteiger partial charge < -0.3 is 10.0 Å². The summed E-state index contributed by atoms with van der Waals surface area (Å²) in [5.74, 6) is -1.94. The lowest BCUT2D eigenvalue weighted by molar-refractivity contribution is -0.141. The van der Waals surface area contributed by atoms with Crippen LogP contribution in [0.2, 0.25) is 0 Å². The Balaban J connectivity index is 1.68. The zero-order chi connectivity index (χ0) is 19.0. The van der Waals surface area contributed by atoms with Crippen LogP contribution in [0, 0.1) is 5.92 Å². The summed E-state index contributed by atoms with van der Waals surface area (Å²) in [7, 11) is 0. The smallest absolute Gasteiger partial charge is 0.308 e. The summed E-state index contributed by atoms with van der Waals surface area (Å²) in [5.41, 5.74) is 2.05. The summed E-state index contributed by atoms with van der Waals surface area (Å²) in [6, 6.07) is 15.2. The highest BCUT2D eigenvalue weighted by Crippen LogP contribution is 2.34. The topological polar surface area (TPSA) is 74.9 Å². The standard InChI is InChI=1S/C20H19N3O3S/c1-27-20-21-17(16-9-5-6-10-23(16)20)18(24)22-11-14(15(12-22)19(25)26)13-7-3-2-4-8-13/h2-10,14-15H,11-12H2,1H3,(H,25,26)/t14-,15-/m0/s1. The van der Waals surface area contributed by atoms with Crippen LogP contribution in [0.15, 0.2) is 59.9 Å². The average molecular weight is 381 g/mol. The van der Waals surface area contributed by atoms with Gasteiger partial charge in [0, 0.05) is 25.2 Å². The number of rotatable bonds is 4. The molecule has 1 amide bonds. The Hall–Kier alpha value is -2.80. The van der Waals surface area contributed by atoms with Crippen molar-refractivity contribution in [2.24, 2.45) is 5.92 Å². The van der Waals surface area contributed by atoms with Gasteiger partial charge >= 0.3 is 5.97 Å². The molecule has 6 nitrogen and oxygen atoms in total. The van der Waals surface area contributed by atoms with Gasteiger partial charge in [0.2, 0.25) is 0 Å². The molecule has 1 fully saturated rings. The van der Waals surface area contributed by atoms with E-state index >= 15 is 0 Å². The number of imidazole rings is 1. The van der Waals surface area contributed by atoms with E-state index in [0.29, 0.717) is 12.2 Å². The molecule has 138 valence electrons. The van der Waals surface area contributed by atoms with Gasteiger partial charge in [0.15, 0.2) is 10.9 Å². The van der Waals surface area contributed by atoms with Gasteiger partial charge in [0.25, 0.3) is 5.91 Å². The third kappa shape index (κ3) is 3.08. The van der Waals surface area contributed by atoms with Crippen LogP contribution in [-0.2, 0) is 4.79 Å². The van der Waals surface area contributed by atoms with Gasteiger partial charge in [-0.05, 0) is 24.0 Å². The van der Waals surface area contributed by atoms with Crippen LogP contribution in [0.4, 0.5) is 0 Å². The molecule has 1 aromatic carbocycles. The number of nitrogens with zero attached hydrogens (tertiary/aromatic N) is 3. The predicted molar refractivity (Wildman–Crippen MR) is 103 cm³/mol. The van der Waals surface area contributed by atoms with Crippen molar-refractivity contribution in [2.45, 2.75) is 11.1 Å². The maximum atomic E-state index is 13.2. The number of pyridine rings is 1. The fraction of sp³-hybridized carbons (Fsp3) is 0.250. The molecule has 0 spiro atoms. The van der Waals surface area contributed by atoms with E-state index < -0.39 is 11.9 Å². The number of hydrogen-bond acceptors (Lipinski definition) is 4. The van der Waals surface area contributed by atoms with E-state index in [1.54, 1.807) is 4.90 Å². The number of carboxylic acid groups (broad SMARTS) is 1. The minimum Gasteiger partial charge on any atom is -0.481 e. The van der Waals surface area contributed by atoms with E-state index in [-0.39, 0.29) is 18.4 Å². The first-order chi connectivity index (χ1) is 13.1. The zero-order valence-electron chi connectivity index (χ0n) is 14.8. The van der Waals surface area contributed by atoms with Crippen molar-refractivity contribution in [1.29, 1.82) is 0 Å². The van der Waals surface area contributed by atoms with Crippen molar-refractivity contribution in [2.75, 3.05) is 19.3 Å². The van der Waals surface area contributed by atoms with Gasteiger partial charge in [0.05, 0.1) is 11.4 Å². The molecule has 2 atom stereocenters. The molecule has 0 aliphatic carbocycles. The number of benzene rings is 1. The van der Waals surface area contributed by atoms with Crippen molar-refractivity contribution >= 4 is 29.2 Å². The second-order valence-corrected chi connectivity index (χ2v) is 7.35. The number of carboxylic acids is 1. The van der Waals surface area contributed by atoms with Crippen LogP contribution in [0.5, 0.6) is 0 Å². The SMILES string of the molecule is CSc1nc(C(=O)N2C[C@H](C(=O)O)[C@H](c3ccccc3)C2)c2ccccn12. The molecule has 2 aromatic heterocycles. The first-order valence-electron chi connectivity index (χ1n) is 8.68. The highest BCUT2D eigenvalue weighted by atomic mass is 32.2. The molecule has 0 radical (unpaired) electrons. The third-order valence-electron chi connectivity index (χ3n) is 5.05. The zero-order valence-corrected chi connectivity index (χ0v) is 15.6. The number of hydrogen-bond donors (Lipinski definition) is 1. The van der Waals surface area contributed by atoms with Crippen LogP contribution >= 0.6 is 11.8 Å². The fourth-order valence-corrected chi connectivity index (χ4v) is 4.26. The first kappa shape index (κ1) is 17.6. The number of fused-ring (bicyclic) bond motifs is 1. The molecule has 1 aliphatic rings. The van der Waals surface area contributed by atoms with Gasteiger partial charge in [0.1, 0.15) is 0 Å². The molecular formula is C20H19N3O3S. The van der Waals surface area contributed by atoms with Gasteiger partial charge in [-0.25, -0.2) is 4.98 Å². The number of amides is 1. The van der Waals surface area contributed by atoms with Crippen LogP contribution in [-0.4, -0.2) is 50.6 Å². The van der Waals surface area contributed by atoms with Gasteiger partial charge in [-0.15, -0.1) is 0 Å². The Morgan fingerprint density at radius 1 is 1.11 bits per heavy atom. The summed E-state index contributed by atoms with van der Waals surface area (Å²) in [6.45, 7) is 0.564. The quantitative estimate of drug-likeness (QED) is 0.703. The molecule has 1 N–H and O–H groups in total. The number of carbonyl (C=O) groups is 2. The van der Waals surface area contributed by atoms with Crippen LogP contribution in [0.25, 0.3) is 5.52 Å². The summed E-state index contributed by atoms with van der Waals surface area (Å²) in [5, 5.41) is 10.4. The van der Waals surface area contributed by atoms with E-state index in [0.717, 1.165) is 16.2 Å². The Labute approximate surface area is 160 Å². The van der Waals surface area contributed by atoms with Crippen LogP contribution in [0.3, 0.4) is 0 Å². The predicted octanol–water partition coefficient (Wildman–Crippen LogP) is 3.00. The lowest BCUT2D eigenvalue weighted by atomic mass is 9.89. The number of aliphatic carboxylic acids is 1. The Kier molecular flexibility index (Phi) is 4.61. The number of thioether (sulfide) groups is 1. The molecule has 1 saturated heterocycles. The van der Waals surface area contributed by atoms with Gasteiger partial charge in [-0.3, -0.25) is 14.0 Å². The molecule has 0 saturated carbocycles. The van der Waals surface area contributed by atoms with E-state index in [9.17, 15) is 14.7 Å². The monoisotopic (exact) mass is 381 g/mol.